The molecule has 0 amide bonds. The molecular formula is C25H43N7O3. The van der Waals surface area contributed by atoms with E-state index in [4.69, 9.17) is 19.5 Å². The van der Waals surface area contributed by atoms with E-state index in [9.17, 15) is 0 Å². The van der Waals surface area contributed by atoms with Crippen LogP contribution in [-0.2, 0) is 22.5 Å². The Labute approximate surface area is 209 Å². The number of aromatic nitrogens is 2. The van der Waals surface area contributed by atoms with Crippen molar-refractivity contribution in [1.82, 2.24) is 30.8 Å². The minimum Gasteiger partial charge on any atom is -0.471 e. The van der Waals surface area contributed by atoms with Gasteiger partial charge in [-0.3, -0.25) is 9.69 Å². The molecule has 0 radical (unpaired) electrons. The summed E-state index contributed by atoms with van der Waals surface area (Å²) in [6.07, 6.45) is 8.71. The zero-order valence-corrected chi connectivity index (χ0v) is 21.6. The van der Waals surface area contributed by atoms with Gasteiger partial charge in [-0.25, -0.2) is 0 Å². The molecule has 5 aliphatic heterocycles. The zero-order chi connectivity index (χ0) is 24.7. The van der Waals surface area contributed by atoms with Crippen LogP contribution in [0.3, 0.4) is 0 Å². The molecule has 0 aromatic carbocycles. The molecule has 2 atom stereocenters. The number of hydrogen-bond acceptors (Lipinski definition) is 10. The molecule has 1 aromatic heterocycles. The van der Waals surface area contributed by atoms with Crippen LogP contribution in [0.25, 0.3) is 0 Å². The average molecular weight is 490 g/mol. The van der Waals surface area contributed by atoms with Crippen molar-refractivity contribution in [3.63, 3.8) is 0 Å². The summed E-state index contributed by atoms with van der Waals surface area (Å²) >= 11 is 0. The lowest BCUT2D eigenvalue weighted by molar-refractivity contribution is -0.126. The Morgan fingerprint density at radius 3 is 2.43 bits per heavy atom. The number of methoxy groups -OCH3 is 1. The van der Waals surface area contributed by atoms with Crippen LogP contribution in [0.1, 0.15) is 49.8 Å². The SMILES string of the molecule is C1CN2CCCC2(COc2nc3c(c(N4CC5CCC(C4)N5)n2)CCNC3)C1.CNC.COC=O. The van der Waals surface area contributed by atoms with Crippen LogP contribution in [0.15, 0.2) is 0 Å². The van der Waals surface area contributed by atoms with Crippen LogP contribution >= 0.6 is 0 Å². The Balaban J connectivity index is 0.000000370. The number of fused-ring (bicyclic) bond motifs is 4. The van der Waals surface area contributed by atoms with E-state index in [1.807, 2.05) is 14.1 Å². The van der Waals surface area contributed by atoms with Crippen molar-refractivity contribution < 1.29 is 14.3 Å². The van der Waals surface area contributed by atoms with E-state index >= 15 is 0 Å². The van der Waals surface area contributed by atoms with Gasteiger partial charge < -0.3 is 30.3 Å². The van der Waals surface area contributed by atoms with Crippen LogP contribution in [0.4, 0.5) is 5.82 Å². The maximum atomic E-state index is 8.95. The molecule has 10 heteroatoms. The van der Waals surface area contributed by atoms with Gasteiger partial charge >= 0.3 is 6.01 Å². The standard InChI is InChI=1S/C21H32N6O.C2H7N.C2H4O2/c1-6-21(7-2-10-27(21)9-1)14-28-20-24-18-11-22-8-5-17(18)19(25-20)26-12-15-3-4-16(13-26)23-15;1-3-2;1-4-2-3/h15-16,22-23H,1-14H2;3H,1-2H3;2H,1H3. The smallest absolute Gasteiger partial charge is 0.318 e. The highest BCUT2D eigenvalue weighted by molar-refractivity contribution is 5.52. The fourth-order valence-corrected chi connectivity index (χ4v) is 6.27. The van der Waals surface area contributed by atoms with Gasteiger partial charge in [-0.15, -0.1) is 0 Å². The molecule has 2 unspecified atom stereocenters. The van der Waals surface area contributed by atoms with E-state index in [1.54, 1.807) is 0 Å². The molecule has 196 valence electrons. The van der Waals surface area contributed by atoms with Gasteiger partial charge in [0.2, 0.25) is 0 Å². The third-order valence-electron chi connectivity index (χ3n) is 7.79. The summed E-state index contributed by atoms with van der Waals surface area (Å²) in [5, 5.41) is 9.96. The summed E-state index contributed by atoms with van der Waals surface area (Å²) in [6.45, 7) is 7.54. The van der Waals surface area contributed by atoms with Gasteiger partial charge in [-0.05, 0) is 78.7 Å². The molecule has 4 fully saturated rings. The zero-order valence-electron chi connectivity index (χ0n) is 21.6. The normalized spacial score (nSPS) is 26.0. The highest BCUT2D eigenvalue weighted by Gasteiger charge is 2.45. The minimum atomic E-state index is 0.242. The first-order valence-corrected chi connectivity index (χ1v) is 13.2. The first-order valence-electron chi connectivity index (χ1n) is 13.2. The van der Waals surface area contributed by atoms with Crippen molar-refractivity contribution in [2.75, 3.05) is 65.4 Å². The van der Waals surface area contributed by atoms with E-state index in [0.29, 0.717) is 24.6 Å². The lowest BCUT2D eigenvalue weighted by Gasteiger charge is -2.36. The molecule has 2 bridgehead atoms. The number of hydrogen-bond donors (Lipinski definition) is 3. The molecule has 5 aliphatic rings. The predicted octanol–water partition coefficient (Wildman–Crippen LogP) is 0.695. The Kier molecular flexibility index (Phi) is 9.16. The minimum absolute atomic E-state index is 0.242. The van der Waals surface area contributed by atoms with E-state index < -0.39 is 0 Å². The fourth-order valence-electron chi connectivity index (χ4n) is 6.27. The number of nitrogens with one attached hydrogen (secondary N) is 3. The third-order valence-corrected chi connectivity index (χ3v) is 7.79. The number of nitrogens with zero attached hydrogens (tertiary/aromatic N) is 4. The second kappa shape index (κ2) is 12.3. The number of rotatable bonds is 5. The first kappa shape index (κ1) is 26.1. The highest BCUT2D eigenvalue weighted by atomic mass is 16.5. The number of ether oxygens (including phenoxy) is 2. The van der Waals surface area contributed by atoms with E-state index in [2.05, 4.69) is 30.5 Å². The second-order valence-electron chi connectivity index (χ2n) is 10.3. The van der Waals surface area contributed by atoms with Gasteiger partial charge in [0.15, 0.2) is 0 Å². The van der Waals surface area contributed by atoms with E-state index in [0.717, 1.165) is 50.7 Å². The average Bonchev–Trinajstić information content (AvgIpc) is 3.56. The van der Waals surface area contributed by atoms with Gasteiger partial charge in [0.1, 0.15) is 12.4 Å². The quantitative estimate of drug-likeness (QED) is 0.512. The highest BCUT2D eigenvalue weighted by Crippen LogP contribution is 2.39. The van der Waals surface area contributed by atoms with Crippen LogP contribution in [0.5, 0.6) is 6.01 Å². The van der Waals surface area contributed by atoms with Crippen LogP contribution in [0, 0.1) is 0 Å². The Morgan fingerprint density at radius 2 is 1.80 bits per heavy atom. The predicted molar refractivity (Wildman–Crippen MR) is 136 cm³/mol. The van der Waals surface area contributed by atoms with Crippen molar-refractivity contribution in [1.29, 1.82) is 0 Å². The van der Waals surface area contributed by atoms with Crippen LogP contribution in [0.2, 0.25) is 0 Å². The molecule has 4 saturated heterocycles. The summed E-state index contributed by atoms with van der Waals surface area (Å²) < 4.78 is 10.2. The number of anilines is 1. The second-order valence-corrected chi connectivity index (χ2v) is 10.3. The van der Waals surface area contributed by atoms with Crippen LogP contribution in [-0.4, -0.2) is 99.5 Å². The van der Waals surface area contributed by atoms with Gasteiger partial charge in [0.05, 0.1) is 18.3 Å². The molecular weight excluding hydrogens is 446 g/mol. The van der Waals surface area contributed by atoms with Gasteiger partial charge in [-0.2, -0.15) is 9.97 Å². The Hall–Kier alpha value is -2.01. The number of piperazine rings is 1. The summed E-state index contributed by atoms with van der Waals surface area (Å²) in [5.41, 5.74) is 2.73. The van der Waals surface area contributed by atoms with E-state index in [-0.39, 0.29) is 5.54 Å². The summed E-state index contributed by atoms with van der Waals surface area (Å²) in [5.74, 6) is 1.15. The van der Waals surface area contributed by atoms with Crippen molar-refractivity contribution >= 4 is 12.3 Å². The van der Waals surface area contributed by atoms with Gasteiger partial charge in [0, 0.05) is 37.3 Å². The lowest BCUT2D eigenvalue weighted by atomic mass is 9.95. The number of carbonyl (C=O) groups excluding carboxylic acids is 1. The fraction of sp³-hybridized carbons (Fsp3) is 0.800. The Morgan fingerprint density at radius 1 is 1.14 bits per heavy atom. The van der Waals surface area contributed by atoms with E-state index in [1.165, 1.54) is 64.3 Å². The molecule has 0 saturated carbocycles. The molecule has 35 heavy (non-hydrogen) atoms. The van der Waals surface area contributed by atoms with Gasteiger partial charge in [0.25, 0.3) is 6.47 Å². The topological polar surface area (TPSA) is 104 Å². The molecule has 0 spiro atoms. The summed E-state index contributed by atoms with van der Waals surface area (Å²) in [4.78, 5) is 23.9. The van der Waals surface area contributed by atoms with Gasteiger partial charge in [-0.1, -0.05) is 0 Å². The molecule has 6 rings (SSSR count). The Bertz CT molecular complexity index is 818. The molecule has 10 nitrogen and oxygen atoms in total. The van der Waals surface area contributed by atoms with Crippen molar-refractivity contribution in [2.45, 2.75) is 69.1 Å². The maximum absolute atomic E-state index is 8.95. The maximum Gasteiger partial charge on any atom is 0.318 e. The van der Waals surface area contributed by atoms with Crippen molar-refractivity contribution in [2.24, 2.45) is 0 Å². The molecule has 0 aliphatic carbocycles. The monoisotopic (exact) mass is 489 g/mol. The summed E-state index contributed by atoms with van der Waals surface area (Å²) in [7, 11) is 5.06. The largest absolute Gasteiger partial charge is 0.471 e. The third kappa shape index (κ3) is 6.04. The lowest BCUT2D eigenvalue weighted by Crippen LogP contribution is -2.52. The number of carbonyl (C=O) groups is 1. The molecule has 6 heterocycles. The van der Waals surface area contributed by atoms with Crippen LogP contribution < -0.4 is 25.6 Å². The van der Waals surface area contributed by atoms with Crippen molar-refractivity contribution in [3.05, 3.63) is 11.3 Å². The first-order chi connectivity index (χ1) is 17.1. The van der Waals surface area contributed by atoms with Crippen molar-refractivity contribution in [3.8, 4) is 6.01 Å². The summed E-state index contributed by atoms with van der Waals surface area (Å²) in [6, 6.07) is 1.82. The molecule has 1 aromatic rings. The molecule has 3 N–H and O–H groups in total.